The average molecular weight is 257 g/mol. The van der Waals surface area contributed by atoms with Crippen LogP contribution in [0.15, 0.2) is 6.20 Å². The number of primary amides is 1. The smallest absolute Gasteiger partial charge is 0.356 e. The Hall–Kier alpha value is -1.93. The van der Waals surface area contributed by atoms with Crippen LogP contribution in [0.5, 0.6) is 0 Å². The van der Waals surface area contributed by atoms with Gasteiger partial charge in [0, 0.05) is 12.6 Å². The van der Waals surface area contributed by atoms with Gasteiger partial charge in [0.15, 0.2) is 5.69 Å². The van der Waals surface area contributed by atoms with Crippen molar-refractivity contribution in [3.05, 3.63) is 17.5 Å². The van der Waals surface area contributed by atoms with E-state index in [1.165, 1.54) is 25.0 Å². The second-order valence-corrected chi connectivity index (χ2v) is 3.75. The Balaban J connectivity index is 3.02. The zero-order chi connectivity index (χ0) is 13.9. The van der Waals surface area contributed by atoms with Gasteiger partial charge in [-0.05, 0) is 0 Å². The predicted octanol–water partition coefficient (Wildman–Crippen LogP) is -1.52. The number of nitrogens with zero attached hydrogens (tertiary/aromatic N) is 2. The second-order valence-electron chi connectivity index (χ2n) is 3.75. The Kier molecular flexibility index (Phi) is 4.40. The molecule has 4 N–H and O–H groups in total. The van der Waals surface area contributed by atoms with Crippen molar-refractivity contribution in [1.82, 2.24) is 9.78 Å². The lowest BCUT2D eigenvalue weighted by molar-refractivity contribution is -0.121. The number of aliphatic hydroxyl groups is 2. The van der Waals surface area contributed by atoms with E-state index in [4.69, 9.17) is 5.73 Å². The van der Waals surface area contributed by atoms with Crippen LogP contribution < -0.4 is 5.73 Å². The van der Waals surface area contributed by atoms with Crippen LogP contribution >= 0.6 is 0 Å². The van der Waals surface area contributed by atoms with Gasteiger partial charge in [0.25, 0.3) is 0 Å². The minimum Gasteiger partial charge on any atom is -0.464 e. The zero-order valence-corrected chi connectivity index (χ0v) is 10.0. The lowest BCUT2D eigenvalue weighted by atomic mass is 10.0. The van der Waals surface area contributed by atoms with Gasteiger partial charge >= 0.3 is 5.97 Å². The van der Waals surface area contributed by atoms with Crippen LogP contribution in [0.2, 0.25) is 0 Å². The molecular weight excluding hydrogens is 242 g/mol. The number of esters is 1. The highest BCUT2D eigenvalue weighted by Gasteiger charge is 2.28. The number of hydrogen-bond donors (Lipinski definition) is 3. The number of aryl methyl sites for hydroxylation is 1. The number of carbonyl (C=O) groups is 2. The maximum Gasteiger partial charge on any atom is 0.356 e. The van der Waals surface area contributed by atoms with Gasteiger partial charge in [-0.15, -0.1) is 0 Å². The Labute approximate surface area is 103 Å². The van der Waals surface area contributed by atoms with E-state index in [1.54, 1.807) is 0 Å². The summed E-state index contributed by atoms with van der Waals surface area (Å²) in [5.41, 5.74) is 5.01. The van der Waals surface area contributed by atoms with Crippen LogP contribution in [-0.2, 0) is 16.6 Å². The molecule has 0 spiro atoms. The molecule has 100 valence electrons. The molecule has 1 rings (SSSR count). The maximum absolute atomic E-state index is 11.5. The summed E-state index contributed by atoms with van der Waals surface area (Å²) in [5, 5.41) is 23.2. The topological polar surface area (TPSA) is 128 Å². The molecule has 0 bridgehead atoms. The summed E-state index contributed by atoms with van der Waals surface area (Å²) in [7, 11) is 2.67. The highest BCUT2D eigenvalue weighted by Crippen LogP contribution is 2.22. The summed E-state index contributed by atoms with van der Waals surface area (Å²) in [4.78, 5) is 22.2. The van der Waals surface area contributed by atoms with Crippen LogP contribution in [0.1, 0.15) is 28.6 Å². The van der Waals surface area contributed by atoms with Gasteiger partial charge in [0.05, 0.1) is 25.8 Å². The summed E-state index contributed by atoms with van der Waals surface area (Å²) in [6.07, 6.45) is -2.05. The van der Waals surface area contributed by atoms with E-state index < -0.39 is 30.5 Å². The van der Waals surface area contributed by atoms with Crippen molar-refractivity contribution in [2.24, 2.45) is 12.8 Å². The number of ether oxygens (including phenoxy) is 1. The van der Waals surface area contributed by atoms with E-state index in [1.807, 2.05) is 0 Å². The van der Waals surface area contributed by atoms with Gasteiger partial charge in [-0.3, -0.25) is 9.48 Å². The van der Waals surface area contributed by atoms with Gasteiger partial charge in [-0.1, -0.05) is 0 Å². The number of aliphatic hydroxyl groups excluding tert-OH is 2. The number of amides is 1. The third kappa shape index (κ3) is 2.84. The van der Waals surface area contributed by atoms with E-state index in [2.05, 4.69) is 9.84 Å². The van der Waals surface area contributed by atoms with Crippen LogP contribution in [0, 0.1) is 0 Å². The quantitative estimate of drug-likeness (QED) is 0.549. The monoisotopic (exact) mass is 257 g/mol. The van der Waals surface area contributed by atoms with Crippen molar-refractivity contribution in [3.63, 3.8) is 0 Å². The standard InChI is InChI=1S/C10H15N3O5/c1-13-8(10(17)18-2)5(4-12-13)9(16)6(14)3-7(11)15/h4,6,9,14,16H,3H2,1-2H3,(H2,11,15). The van der Waals surface area contributed by atoms with Gasteiger partial charge in [0.2, 0.25) is 5.91 Å². The third-order valence-corrected chi connectivity index (χ3v) is 2.44. The average Bonchev–Trinajstić information content (AvgIpc) is 2.68. The number of aromatic nitrogens is 2. The number of carbonyl (C=O) groups excluding carboxylic acids is 2. The Morgan fingerprint density at radius 3 is 2.67 bits per heavy atom. The summed E-state index contributed by atoms with van der Waals surface area (Å²) >= 11 is 0. The predicted molar refractivity (Wildman–Crippen MR) is 59.3 cm³/mol. The molecule has 0 saturated heterocycles. The molecule has 0 aromatic carbocycles. The molecule has 0 aliphatic rings. The van der Waals surface area contributed by atoms with Gasteiger partial charge in [-0.25, -0.2) is 4.79 Å². The first-order valence-corrected chi connectivity index (χ1v) is 5.13. The molecule has 8 nitrogen and oxygen atoms in total. The largest absolute Gasteiger partial charge is 0.464 e. The normalized spacial score (nSPS) is 14.0. The molecular formula is C10H15N3O5. The number of rotatable bonds is 5. The van der Waals surface area contributed by atoms with Crippen molar-refractivity contribution in [2.45, 2.75) is 18.6 Å². The van der Waals surface area contributed by atoms with Crippen molar-refractivity contribution in [2.75, 3.05) is 7.11 Å². The molecule has 0 aliphatic carbocycles. The van der Waals surface area contributed by atoms with Crippen molar-refractivity contribution >= 4 is 11.9 Å². The van der Waals surface area contributed by atoms with Crippen LogP contribution in [0.25, 0.3) is 0 Å². The molecule has 1 aromatic heterocycles. The number of nitrogens with two attached hydrogens (primary N) is 1. The molecule has 18 heavy (non-hydrogen) atoms. The fourth-order valence-electron chi connectivity index (χ4n) is 1.54. The van der Waals surface area contributed by atoms with Gasteiger partial charge < -0.3 is 20.7 Å². The molecule has 2 unspecified atom stereocenters. The Bertz CT molecular complexity index is 456. The lowest BCUT2D eigenvalue weighted by Crippen LogP contribution is -2.26. The van der Waals surface area contributed by atoms with Crippen molar-refractivity contribution < 1.29 is 24.5 Å². The highest BCUT2D eigenvalue weighted by atomic mass is 16.5. The van der Waals surface area contributed by atoms with Gasteiger partial charge in [-0.2, -0.15) is 5.10 Å². The Morgan fingerprint density at radius 2 is 2.17 bits per heavy atom. The molecule has 1 amide bonds. The fraction of sp³-hybridized carbons (Fsp3) is 0.500. The zero-order valence-electron chi connectivity index (χ0n) is 10.0. The minimum absolute atomic E-state index is 0.00789. The summed E-state index contributed by atoms with van der Waals surface area (Å²) in [6.45, 7) is 0. The molecule has 1 heterocycles. The maximum atomic E-state index is 11.5. The molecule has 1 aromatic rings. The van der Waals surface area contributed by atoms with Crippen LogP contribution in [0.4, 0.5) is 0 Å². The molecule has 2 atom stereocenters. The Morgan fingerprint density at radius 1 is 1.56 bits per heavy atom. The second kappa shape index (κ2) is 5.61. The fourth-order valence-corrected chi connectivity index (χ4v) is 1.54. The SMILES string of the molecule is COC(=O)c1c(C(O)C(O)CC(N)=O)cnn1C. The lowest BCUT2D eigenvalue weighted by Gasteiger charge is -2.16. The molecule has 0 saturated carbocycles. The first kappa shape index (κ1) is 14.1. The van der Waals surface area contributed by atoms with E-state index in [0.717, 1.165) is 0 Å². The van der Waals surface area contributed by atoms with Gasteiger partial charge in [0.1, 0.15) is 6.10 Å². The summed E-state index contributed by atoms with van der Waals surface area (Å²) < 4.78 is 5.75. The molecule has 0 fully saturated rings. The third-order valence-electron chi connectivity index (χ3n) is 2.44. The molecule has 8 heteroatoms. The van der Waals surface area contributed by atoms with Crippen LogP contribution in [0.3, 0.4) is 0 Å². The summed E-state index contributed by atoms with van der Waals surface area (Å²) in [6, 6.07) is 0. The number of methoxy groups -OCH3 is 1. The van der Waals surface area contributed by atoms with E-state index in [-0.39, 0.29) is 11.3 Å². The van der Waals surface area contributed by atoms with E-state index >= 15 is 0 Å². The first-order chi connectivity index (χ1) is 8.38. The van der Waals surface area contributed by atoms with E-state index in [9.17, 15) is 19.8 Å². The van der Waals surface area contributed by atoms with Crippen LogP contribution in [-0.4, -0.2) is 45.1 Å². The molecule has 0 aliphatic heterocycles. The highest BCUT2D eigenvalue weighted by molar-refractivity contribution is 5.89. The van der Waals surface area contributed by atoms with E-state index in [0.29, 0.717) is 0 Å². The minimum atomic E-state index is -1.44. The first-order valence-electron chi connectivity index (χ1n) is 5.13. The van der Waals surface area contributed by atoms with Crippen molar-refractivity contribution in [3.8, 4) is 0 Å². The molecule has 0 radical (unpaired) electrons. The summed E-state index contributed by atoms with van der Waals surface area (Å²) in [5.74, 6) is -1.46. The van der Waals surface area contributed by atoms with Crippen molar-refractivity contribution in [1.29, 1.82) is 0 Å². The number of hydrogen-bond acceptors (Lipinski definition) is 6.